The lowest BCUT2D eigenvalue weighted by atomic mass is 10.0. The molecule has 5 heteroatoms. The normalized spacial score (nSPS) is 11.0. The minimum Gasteiger partial charge on any atom is -0.508 e. The molecule has 0 amide bonds. The van der Waals surface area contributed by atoms with Gasteiger partial charge in [0.15, 0.2) is 17.0 Å². The SMILES string of the molecule is CCc1c(-c2ccc(O)c(F)c2)oc2ccc(O)cc2c1=O. The van der Waals surface area contributed by atoms with E-state index >= 15 is 0 Å². The van der Waals surface area contributed by atoms with E-state index in [4.69, 9.17) is 4.42 Å². The second kappa shape index (κ2) is 5.18. The summed E-state index contributed by atoms with van der Waals surface area (Å²) in [6.45, 7) is 1.79. The number of hydrogen-bond acceptors (Lipinski definition) is 4. The van der Waals surface area contributed by atoms with Crippen molar-refractivity contribution >= 4 is 11.0 Å². The Morgan fingerprint density at radius 1 is 1.14 bits per heavy atom. The quantitative estimate of drug-likeness (QED) is 0.759. The average Bonchev–Trinajstić information content (AvgIpc) is 2.50. The molecule has 0 fully saturated rings. The highest BCUT2D eigenvalue weighted by Crippen LogP contribution is 2.30. The maximum Gasteiger partial charge on any atom is 0.196 e. The molecule has 22 heavy (non-hydrogen) atoms. The van der Waals surface area contributed by atoms with Crippen LogP contribution in [-0.2, 0) is 6.42 Å². The van der Waals surface area contributed by atoms with E-state index in [0.29, 0.717) is 23.1 Å². The molecule has 2 aromatic carbocycles. The van der Waals surface area contributed by atoms with Crippen molar-refractivity contribution in [2.24, 2.45) is 0 Å². The summed E-state index contributed by atoms with van der Waals surface area (Å²) in [6.07, 6.45) is 0.395. The van der Waals surface area contributed by atoms with Crippen molar-refractivity contribution in [3.05, 3.63) is 58.0 Å². The minimum atomic E-state index is -0.784. The first-order valence-corrected chi connectivity index (χ1v) is 6.79. The molecule has 112 valence electrons. The molecule has 0 bridgehead atoms. The van der Waals surface area contributed by atoms with Gasteiger partial charge in [-0.05, 0) is 42.8 Å². The molecule has 0 aliphatic rings. The molecule has 4 nitrogen and oxygen atoms in total. The second-order valence-electron chi connectivity index (χ2n) is 4.94. The van der Waals surface area contributed by atoms with Gasteiger partial charge in [-0.2, -0.15) is 0 Å². The van der Waals surface area contributed by atoms with Crippen molar-refractivity contribution in [3.63, 3.8) is 0 Å². The Bertz CT molecular complexity index is 928. The lowest BCUT2D eigenvalue weighted by molar-refractivity contribution is 0.432. The summed E-state index contributed by atoms with van der Waals surface area (Å²) in [5.74, 6) is -1.00. The zero-order valence-corrected chi connectivity index (χ0v) is 11.8. The predicted octanol–water partition coefficient (Wildman–Crippen LogP) is 3.57. The van der Waals surface area contributed by atoms with Crippen molar-refractivity contribution in [1.29, 1.82) is 0 Å². The van der Waals surface area contributed by atoms with Gasteiger partial charge in [-0.15, -0.1) is 0 Å². The van der Waals surface area contributed by atoms with Crippen LogP contribution in [0.25, 0.3) is 22.3 Å². The van der Waals surface area contributed by atoms with E-state index in [-0.39, 0.29) is 22.3 Å². The standard InChI is InChI=1S/C17H13FO4/c1-2-11-16(21)12-8-10(19)4-6-15(12)22-17(11)9-3-5-14(20)13(18)7-9/h3-8,19-20H,2H2,1H3. The van der Waals surface area contributed by atoms with Gasteiger partial charge in [-0.3, -0.25) is 4.79 Å². The Morgan fingerprint density at radius 3 is 2.59 bits per heavy atom. The Morgan fingerprint density at radius 2 is 1.91 bits per heavy atom. The van der Waals surface area contributed by atoms with E-state index in [9.17, 15) is 19.4 Å². The largest absolute Gasteiger partial charge is 0.508 e. The monoisotopic (exact) mass is 300 g/mol. The van der Waals surface area contributed by atoms with Crippen LogP contribution in [0, 0.1) is 5.82 Å². The Kier molecular flexibility index (Phi) is 3.33. The summed E-state index contributed by atoms with van der Waals surface area (Å²) in [4.78, 5) is 12.5. The highest BCUT2D eigenvalue weighted by molar-refractivity contribution is 5.81. The van der Waals surface area contributed by atoms with E-state index in [0.717, 1.165) is 6.07 Å². The van der Waals surface area contributed by atoms with E-state index in [2.05, 4.69) is 0 Å². The van der Waals surface area contributed by atoms with Crippen LogP contribution >= 0.6 is 0 Å². The Balaban J connectivity index is 2.35. The van der Waals surface area contributed by atoms with Gasteiger partial charge < -0.3 is 14.6 Å². The number of benzene rings is 2. The van der Waals surface area contributed by atoms with Gasteiger partial charge in [0.1, 0.15) is 17.1 Å². The molecule has 0 aliphatic carbocycles. The van der Waals surface area contributed by atoms with Gasteiger partial charge in [-0.1, -0.05) is 6.92 Å². The summed E-state index contributed by atoms with van der Waals surface area (Å²) < 4.78 is 19.3. The highest BCUT2D eigenvalue weighted by atomic mass is 19.1. The molecule has 0 atom stereocenters. The molecular formula is C17H13FO4. The van der Waals surface area contributed by atoms with Gasteiger partial charge in [-0.25, -0.2) is 4.39 Å². The molecule has 1 aromatic heterocycles. The van der Waals surface area contributed by atoms with Gasteiger partial charge in [0.05, 0.1) is 5.39 Å². The third-order valence-electron chi connectivity index (χ3n) is 3.53. The zero-order valence-electron chi connectivity index (χ0n) is 11.8. The fourth-order valence-electron chi connectivity index (χ4n) is 2.42. The smallest absolute Gasteiger partial charge is 0.196 e. The summed E-state index contributed by atoms with van der Waals surface area (Å²) in [6, 6.07) is 8.08. The lowest BCUT2D eigenvalue weighted by Crippen LogP contribution is -2.10. The van der Waals surface area contributed by atoms with E-state index in [1.165, 1.54) is 30.3 Å². The molecule has 2 N–H and O–H groups in total. The topological polar surface area (TPSA) is 70.7 Å². The lowest BCUT2D eigenvalue weighted by Gasteiger charge is -2.09. The molecule has 0 unspecified atom stereocenters. The van der Waals surface area contributed by atoms with Crippen LogP contribution in [0.1, 0.15) is 12.5 Å². The fraction of sp³-hybridized carbons (Fsp3) is 0.118. The third kappa shape index (κ3) is 2.20. The molecule has 0 saturated heterocycles. The van der Waals surface area contributed by atoms with Crippen LogP contribution in [0.5, 0.6) is 11.5 Å². The maximum atomic E-state index is 13.6. The molecular weight excluding hydrogens is 287 g/mol. The first-order valence-electron chi connectivity index (χ1n) is 6.79. The summed E-state index contributed by atoms with van der Waals surface area (Å²) >= 11 is 0. The van der Waals surface area contributed by atoms with Crippen molar-refractivity contribution in [2.75, 3.05) is 0 Å². The number of fused-ring (bicyclic) bond motifs is 1. The van der Waals surface area contributed by atoms with Crippen molar-refractivity contribution in [3.8, 4) is 22.8 Å². The first-order chi connectivity index (χ1) is 10.5. The van der Waals surface area contributed by atoms with Gasteiger partial charge in [0.25, 0.3) is 0 Å². The fourth-order valence-corrected chi connectivity index (χ4v) is 2.42. The molecule has 1 heterocycles. The Hall–Kier alpha value is -2.82. The zero-order chi connectivity index (χ0) is 15.9. The van der Waals surface area contributed by atoms with Crippen LogP contribution in [0.15, 0.2) is 45.6 Å². The number of hydrogen-bond donors (Lipinski definition) is 2. The maximum absolute atomic E-state index is 13.6. The first kappa shape index (κ1) is 14.1. The Labute approximate surface area is 125 Å². The molecule has 0 saturated carbocycles. The molecule has 0 spiro atoms. The minimum absolute atomic E-state index is 0.0229. The summed E-state index contributed by atoms with van der Waals surface area (Å²) in [5.41, 5.74) is 0.814. The van der Waals surface area contributed by atoms with E-state index in [1.54, 1.807) is 6.92 Å². The number of phenolic OH excluding ortho intramolecular Hbond substituents is 2. The molecule has 0 aliphatic heterocycles. The number of halogens is 1. The van der Waals surface area contributed by atoms with Gasteiger partial charge >= 0.3 is 0 Å². The molecule has 3 rings (SSSR count). The van der Waals surface area contributed by atoms with Crippen LogP contribution in [-0.4, -0.2) is 10.2 Å². The molecule has 0 radical (unpaired) electrons. The average molecular weight is 300 g/mol. The second-order valence-corrected chi connectivity index (χ2v) is 4.94. The van der Waals surface area contributed by atoms with Crippen LogP contribution in [0.2, 0.25) is 0 Å². The van der Waals surface area contributed by atoms with Crippen LogP contribution in [0.4, 0.5) is 4.39 Å². The summed E-state index contributed by atoms with van der Waals surface area (Å²) in [5, 5.41) is 19.1. The van der Waals surface area contributed by atoms with Gasteiger partial charge in [0, 0.05) is 11.1 Å². The van der Waals surface area contributed by atoms with Crippen molar-refractivity contribution in [2.45, 2.75) is 13.3 Å². The van der Waals surface area contributed by atoms with Crippen LogP contribution in [0.3, 0.4) is 0 Å². The van der Waals surface area contributed by atoms with E-state index in [1.807, 2.05) is 0 Å². The van der Waals surface area contributed by atoms with E-state index < -0.39 is 11.6 Å². The van der Waals surface area contributed by atoms with Gasteiger partial charge in [0.2, 0.25) is 0 Å². The van der Waals surface area contributed by atoms with Crippen LogP contribution < -0.4 is 5.43 Å². The van der Waals surface area contributed by atoms with Crippen molar-refractivity contribution in [1.82, 2.24) is 0 Å². The number of aromatic hydroxyl groups is 2. The predicted molar refractivity (Wildman–Crippen MR) is 80.6 cm³/mol. The number of phenols is 2. The molecule has 3 aromatic rings. The van der Waals surface area contributed by atoms with Crippen molar-refractivity contribution < 1.29 is 19.0 Å². The number of rotatable bonds is 2. The highest BCUT2D eigenvalue weighted by Gasteiger charge is 2.16. The summed E-state index contributed by atoms with van der Waals surface area (Å²) in [7, 11) is 0. The third-order valence-corrected chi connectivity index (χ3v) is 3.53.